The summed E-state index contributed by atoms with van der Waals surface area (Å²) in [5, 5.41) is 8.99. The molecule has 17 heavy (non-hydrogen) atoms. The van der Waals surface area contributed by atoms with Gasteiger partial charge in [0, 0.05) is 25.4 Å². The maximum atomic E-state index is 11.1. The number of carboxylic acid groups (broad SMARTS) is 1. The summed E-state index contributed by atoms with van der Waals surface area (Å²) >= 11 is 1.02. The minimum absolute atomic E-state index is 0.120. The van der Waals surface area contributed by atoms with E-state index in [1.807, 2.05) is 6.92 Å². The van der Waals surface area contributed by atoms with Crippen LogP contribution < -0.4 is 5.56 Å². The van der Waals surface area contributed by atoms with Gasteiger partial charge in [-0.15, -0.1) is 0 Å². The lowest BCUT2D eigenvalue weighted by molar-refractivity contribution is -0.133. The van der Waals surface area contributed by atoms with Crippen molar-refractivity contribution in [2.45, 2.75) is 18.6 Å². The van der Waals surface area contributed by atoms with Crippen LogP contribution in [0.1, 0.15) is 6.92 Å². The second-order valence-corrected chi connectivity index (χ2v) is 4.06. The molecule has 0 aliphatic rings. The molecule has 0 aliphatic carbocycles. The second kappa shape index (κ2) is 7.08. The van der Waals surface area contributed by atoms with E-state index in [2.05, 4.69) is 4.98 Å². The molecule has 0 radical (unpaired) electrons. The lowest BCUT2D eigenvalue weighted by Crippen LogP contribution is -2.16. The summed E-state index contributed by atoms with van der Waals surface area (Å²) in [6.45, 7) is 3.56. The Morgan fingerprint density at radius 2 is 2.41 bits per heavy atom. The third-order valence-electron chi connectivity index (χ3n) is 1.85. The Bertz CT molecular complexity index is 433. The quantitative estimate of drug-likeness (QED) is 0.434. The van der Waals surface area contributed by atoms with Crippen LogP contribution in [0.4, 0.5) is 0 Å². The molecule has 1 heterocycles. The molecule has 6 nitrogen and oxygen atoms in total. The summed E-state index contributed by atoms with van der Waals surface area (Å²) in [7, 11) is 0. The van der Waals surface area contributed by atoms with Crippen LogP contribution in [0.2, 0.25) is 0 Å². The lowest BCUT2D eigenvalue weighted by atomic mass is 10.6. The summed E-state index contributed by atoms with van der Waals surface area (Å²) in [5.74, 6) is -1.06. The first-order valence-corrected chi connectivity index (χ1v) is 6.12. The van der Waals surface area contributed by atoms with Crippen molar-refractivity contribution in [3.05, 3.63) is 22.6 Å². The molecule has 0 saturated heterocycles. The number of rotatable bonds is 7. The zero-order chi connectivity index (χ0) is 12.7. The van der Waals surface area contributed by atoms with Gasteiger partial charge in [0.2, 0.25) is 0 Å². The molecule has 0 unspecified atom stereocenters. The van der Waals surface area contributed by atoms with E-state index >= 15 is 0 Å². The third-order valence-corrected chi connectivity index (χ3v) is 2.83. The van der Waals surface area contributed by atoms with E-state index in [0.29, 0.717) is 24.9 Å². The summed E-state index contributed by atoms with van der Waals surface area (Å²) < 4.78 is 6.91. The summed E-state index contributed by atoms with van der Waals surface area (Å²) in [4.78, 5) is 25.3. The first kappa shape index (κ1) is 13.7. The molecule has 1 rings (SSSR count). The number of carboxylic acids is 1. The Kier molecular flexibility index (Phi) is 5.71. The summed E-state index contributed by atoms with van der Waals surface area (Å²) in [5.41, 5.74) is -0.370. The number of thioether (sulfide) groups is 1. The topological polar surface area (TPSA) is 81.4 Å². The van der Waals surface area contributed by atoms with Crippen LogP contribution in [0.5, 0.6) is 0 Å². The summed E-state index contributed by atoms with van der Waals surface area (Å²) in [6.07, 6.45) is 1.60. The van der Waals surface area contributed by atoms with E-state index in [1.165, 1.54) is 6.07 Å². The van der Waals surface area contributed by atoms with Crippen molar-refractivity contribution in [2.75, 3.05) is 19.0 Å². The molecular weight excluding hydrogens is 244 g/mol. The highest BCUT2D eigenvalue weighted by Crippen LogP contribution is 2.13. The van der Waals surface area contributed by atoms with Gasteiger partial charge in [-0.25, -0.2) is 0 Å². The highest BCUT2D eigenvalue weighted by Gasteiger charge is 2.06. The Morgan fingerprint density at radius 1 is 1.65 bits per heavy atom. The molecule has 7 heteroatoms. The van der Waals surface area contributed by atoms with Gasteiger partial charge in [-0.2, -0.15) is 4.98 Å². The van der Waals surface area contributed by atoms with Crippen LogP contribution in [0.25, 0.3) is 0 Å². The Balaban J connectivity index is 2.72. The Hall–Kier alpha value is -1.34. The largest absolute Gasteiger partial charge is 0.481 e. The van der Waals surface area contributed by atoms with Crippen molar-refractivity contribution in [1.82, 2.24) is 9.55 Å². The van der Waals surface area contributed by atoms with Gasteiger partial charge in [0.05, 0.1) is 12.4 Å². The third kappa shape index (κ3) is 5.01. The van der Waals surface area contributed by atoms with E-state index in [4.69, 9.17) is 9.84 Å². The van der Waals surface area contributed by atoms with E-state index in [0.717, 1.165) is 11.8 Å². The first-order chi connectivity index (χ1) is 8.13. The van der Waals surface area contributed by atoms with Crippen molar-refractivity contribution in [3.63, 3.8) is 0 Å². The average Bonchev–Trinajstić information content (AvgIpc) is 2.29. The number of hydrogen-bond acceptors (Lipinski definition) is 5. The average molecular weight is 258 g/mol. The van der Waals surface area contributed by atoms with Gasteiger partial charge in [-0.05, 0) is 6.92 Å². The normalized spacial score (nSPS) is 10.4. The smallest absolute Gasteiger partial charge is 0.313 e. The number of nitrogens with zero attached hydrogens (tertiary/aromatic N) is 2. The maximum absolute atomic E-state index is 11.1. The fourth-order valence-corrected chi connectivity index (χ4v) is 1.86. The Labute approximate surface area is 103 Å². The minimum atomic E-state index is -0.940. The number of aromatic nitrogens is 2. The molecule has 0 aliphatic heterocycles. The monoisotopic (exact) mass is 258 g/mol. The van der Waals surface area contributed by atoms with Gasteiger partial charge in [-0.1, -0.05) is 11.8 Å². The standard InChI is InChI=1S/C10H14N2O4S/c1-2-16-6-5-12-4-3-8(13)11-10(12)17-7-9(14)15/h3-4H,2,5-7H2,1H3,(H,14,15). The highest BCUT2D eigenvalue weighted by atomic mass is 32.2. The minimum Gasteiger partial charge on any atom is -0.481 e. The molecule has 0 atom stereocenters. The van der Waals surface area contributed by atoms with Crippen LogP contribution in [0.3, 0.4) is 0 Å². The van der Waals surface area contributed by atoms with E-state index < -0.39 is 5.97 Å². The fraction of sp³-hybridized carbons (Fsp3) is 0.500. The molecule has 0 bridgehead atoms. The van der Waals surface area contributed by atoms with Gasteiger partial charge in [0.25, 0.3) is 5.56 Å². The van der Waals surface area contributed by atoms with Crippen molar-refractivity contribution in [2.24, 2.45) is 0 Å². The summed E-state index contributed by atoms with van der Waals surface area (Å²) in [6, 6.07) is 1.34. The van der Waals surface area contributed by atoms with Gasteiger partial charge >= 0.3 is 5.97 Å². The molecule has 0 fully saturated rings. The molecular formula is C10H14N2O4S. The van der Waals surface area contributed by atoms with Crippen molar-refractivity contribution in [1.29, 1.82) is 0 Å². The SMILES string of the molecule is CCOCCn1ccc(=O)nc1SCC(=O)O. The van der Waals surface area contributed by atoms with Crippen molar-refractivity contribution >= 4 is 17.7 Å². The first-order valence-electron chi connectivity index (χ1n) is 5.13. The zero-order valence-electron chi connectivity index (χ0n) is 9.46. The van der Waals surface area contributed by atoms with Gasteiger partial charge in [-0.3, -0.25) is 9.59 Å². The molecule has 0 spiro atoms. The van der Waals surface area contributed by atoms with Crippen molar-refractivity contribution < 1.29 is 14.6 Å². The maximum Gasteiger partial charge on any atom is 0.313 e. The fourth-order valence-electron chi connectivity index (χ4n) is 1.13. The van der Waals surface area contributed by atoms with E-state index in [1.54, 1.807) is 10.8 Å². The van der Waals surface area contributed by atoms with Crippen LogP contribution in [0.15, 0.2) is 22.2 Å². The van der Waals surface area contributed by atoms with Gasteiger partial charge in [0.15, 0.2) is 5.16 Å². The van der Waals surface area contributed by atoms with Crippen LogP contribution in [-0.2, 0) is 16.1 Å². The van der Waals surface area contributed by atoms with Crippen LogP contribution >= 0.6 is 11.8 Å². The molecule has 0 amide bonds. The number of carbonyl (C=O) groups is 1. The molecule has 0 saturated carbocycles. The van der Waals surface area contributed by atoms with Crippen LogP contribution in [0, 0.1) is 0 Å². The highest BCUT2D eigenvalue weighted by molar-refractivity contribution is 7.99. The molecule has 0 aromatic carbocycles. The van der Waals surface area contributed by atoms with Crippen LogP contribution in [-0.4, -0.2) is 39.6 Å². The number of ether oxygens (including phenoxy) is 1. The van der Waals surface area contributed by atoms with E-state index in [9.17, 15) is 9.59 Å². The van der Waals surface area contributed by atoms with Gasteiger partial charge in [0.1, 0.15) is 0 Å². The second-order valence-electron chi connectivity index (χ2n) is 3.12. The molecule has 1 N–H and O–H groups in total. The number of aliphatic carboxylic acids is 1. The Morgan fingerprint density at radius 3 is 3.06 bits per heavy atom. The predicted molar refractivity (Wildman–Crippen MR) is 63.3 cm³/mol. The predicted octanol–water partition coefficient (Wildman–Crippen LogP) is 0.457. The van der Waals surface area contributed by atoms with Gasteiger partial charge < -0.3 is 14.4 Å². The van der Waals surface area contributed by atoms with Crippen molar-refractivity contribution in [3.8, 4) is 0 Å². The number of hydrogen-bond donors (Lipinski definition) is 1. The molecule has 94 valence electrons. The molecule has 1 aromatic rings. The van der Waals surface area contributed by atoms with E-state index in [-0.39, 0.29) is 11.3 Å². The zero-order valence-corrected chi connectivity index (χ0v) is 10.3. The molecule has 1 aromatic heterocycles. The lowest BCUT2D eigenvalue weighted by Gasteiger charge is -2.10.